The van der Waals surface area contributed by atoms with Crippen LogP contribution in [0.4, 0.5) is 0 Å². The van der Waals surface area contributed by atoms with Gasteiger partial charge in [0.05, 0.1) is 18.5 Å². The zero-order valence-electron chi connectivity index (χ0n) is 10.1. The Balaban J connectivity index is 2.03. The number of fused-ring (bicyclic) bond motifs is 1. The number of nitrogens with zero attached hydrogens (tertiary/aromatic N) is 4. The van der Waals surface area contributed by atoms with Crippen molar-refractivity contribution >= 4 is 22.9 Å². The lowest BCUT2D eigenvalue weighted by Gasteiger charge is -2.12. The maximum absolute atomic E-state index is 9.74. The molecule has 0 saturated carbocycles. The molecule has 18 heavy (non-hydrogen) atoms. The molecule has 96 valence electrons. The molecular formula is C11H14N4O2S. The number of aliphatic hydroxyl groups excluding tert-OH is 1. The summed E-state index contributed by atoms with van der Waals surface area (Å²) < 4.78 is 7.57. The average molecular weight is 266 g/mol. The molecule has 3 atom stereocenters. The lowest BCUT2D eigenvalue weighted by Crippen LogP contribution is -2.15. The van der Waals surface area contributed by atoms with E-state index in [2.05, 4.69) is 15.0 Å². The second-order valence-electron chi connectivity index (χ2n) is 4.31. The minimum absolute atomic E-state index is 0.158. The van der Waals surface area contributed by atoms with Crippen LogP contribution in [0.3, 0.4) is 0 Å². The van der Waals surface area contributed by atoms with Crippen molar-refractivity contribution in [3.8, 4) is 0 Å². The van der Waals surface area contributed by atoms with E-state index >= 15 is 0 Å². The van der Waals surface area contributed by atoms with Crippen LogP contribution >= 0.6 is 11.8 Å². The molecule has 0 spiro atoms. The van der Waals surface area contributed by atoms with Gasteiger partial charge in [-0.3, -0.25) is 4.57 Å². The number of ether oxygens (including phenoxy) is 1. The molecule has 6 nitrogen and oxygen atoms in total. The van der Waals surface area contributed by atoms with Crippen LogP contribution in [0.1, 0.15) is 19.6 Å². The van der Waals surface area contributed by atoms with Crippen LogP contribution in [-0.2, 0) is 4.74 Å². The van der Waals surface area contributed by atoms with Gasteiger partial charge in [-0.2, -0.15) is 0 Å². The maximum Gasteiger partial charge on any atom is 0.166 e. The Labute approximate surface area is 108 Å². The van der Waals surface area contributed by atoms with Crippen molar-refractivity contribution in [2.45, 2.75) is 36.8 Å². The summed E-state index contributed by atoms with van der Waals surface area (Å²) in [6.45, 7) is 1.87. The molecule has 2 aromatic rings. The molecule has 2 aromatic heterocycles. The van der Waals surface area contributed by atoms with Gasteiger partial charge in [0.25, 0.3) is 0 Å². The topological polar surface area (TPSA) is 73.1 Å². The van der Waals surface area contributed by atoms with Gasteiger partial charge in [0.2, 0.25) is 0 Å². The third-order valence-corrected chi connectivity index (χ3v) is 3.87. The number of hydrogen-bond acceptors (Lipinski definition) is 6. The van der Waals surface area contributed by atoms with Crippen molar-refractivity contribution in [1.29, 1.82) is 0 Å². The minimum Gasteiger partial charge on any atom is -0.390 e. The Kier molecular flexibility index (Phi) is 2.96. The van der Waals surface area contributed by atoms with Gasteiger partial charge in [-0.05, 0) is 13.2 Å². The Hall–Kier alpha value is -1.18. The molecule has 0 aliphatic carbocycles. The van der Waals surface area contributed by atoms with Crippen LogP contribution in [-0.4, -0.2) is 43.1 Å². The molecule has 1 N–H and O–H groups in total. The summed E-state index contributed by atoms with van der Waals surface area (Å²) in [6.07, 6.45) is 4.95. The standard InChI is InChI=1S/C11H14N4O2S/c1-6-7(16)3-8(17-6)15-5-14-9-10(15)12-4-13-11(9)18-2/h4-8,16H,3H2,1-2H3/t6-,7+,8-/m1/s1. The van der Waals surface area contributed by atoms with Gasteiger partial charge in [0.1, 0.15) is 23.1 Å². The lowest BCUT2D eigenvalue weighted by atomic mass is 10.2. The summed E-state index contributed by atoms with van der Waals surface area (Å²) in [6, 6.07) is 0. The molecular weight excluding hydrogens is 252 g/mol. The van der Waals surface area contributed by atoms with Crippen molar-refractivity contribution in [1.82, 2.24) is 19.5 Å². The monoisotopic (exact) mass is 266 g/mol. The number of rotatable bonds is 2. The number of aliphatic hydroxyl groups is 1. The fraction of sp³-hybridized carbons (Fsp3) is 0.545. The van der Waals surface area contributed by atoms with Gasteiger partial charge < -0.3 is 9.84 Å². The van der Waals surface area contributed by atoms with E-state index in [0.29, 0.717) is 6.42 Å². The van der Waals surface area contributed by atoms with Crippen LogP contribution in [0.2, 0.25) is 0 Å². The first kappa shape index (κ1) is 11.9. The van der Waals surface area contributed by atoms with Gasteiger partial charge in [0.15, 0.2) is 5.65 Å². The molecule has 0 aromatic carbocycles. The van der Waals surface area contributed by atoms with Crippen molar-refractivity contribution < 1.29 is 9.84 Å². The zero-order valence-corrected chi connectivity index (χ0v) is 11.0. The van der Waals surface area contributed by atoms with Crippen LogP contribution in [0.15, 0.2) is 17.7 Å². The van der Waals surface area contributed by atoms with Gasteiger partial charge in [-0.25, -0.2) is 15.0 Å². The summed E-state index contributed by atoms with van der Waals surface area (Å²) in [7, 11) is 0. The number of imidazole rings is 1. The summed E-state index contributed by atoms with van der Waals surface area (Å²) >= 11 is 1.54. The number of thioether (sulfide) groups is 1. The Morgan fingerprint density at radius 2 is 2.28 bits per heavy atom. The highest BCUT2D eigenvalue weighted by atomic mass is 32.2. The SMILES string of the molecule is CSc1ncnc2c1ncn2[C@H]1C[C@H](O)[C@@H](C)O1. The molecule has 1 aliphatic heterocycles. The number of aromatic nitrogens is 4. The lowest BCUT2D eigenvalue weighted by molar-refractivity contribution is -0.00633. The van der Waals surface area contributed by atoms with Crippen molar-refractivity contribution in [3.63, 3.8) is 0 Å². The second-order valence-corrected chi connectivity index (χ2v) is 5.10. The summed E-state index contributed by atoms with van der Waals surface area (Å²) in [5, 5.41) is 10.6. The first-order valence-electron chi connectivity index (χ1n) is 5.75. The van der Waals surface area contributed by atoms with Crippen LogP contribution in [0.25, 0.3) is 11.2 Å². The van der Waals surface area contributed by atoms with E-state index in [1.807, 2.05) is 17.7 Å². The smallest absolute Gasteiger partial charge is 0.166 e. The van der Waals surface area contributed by atoms with Gasteiger partial charge in [0, 0.05) is 6.42 Å². The third-order valence-electron chi connectivity index (χ3n) is 3.19. The fourth-order valence-electron chi connectivity index (χ4n) is 2.16. The first-order chi connectivity index (χ1) is 8.70. The Morgan fingerprint density at radius 3 is 2.94 bits per heavy atom. The van der Waals surface area contributed by atoms with Crippen molar-refractivity contribution in [2.24, 2.45) is 0 Å². The zero-order chi connectivity index (χ0) is 12.7. The van der Waals surface area contributed by atoms with E-state index in [9.17, 15) is 5.11 Å². The predicted octanol–water partition coefficient (Wildman–Crippen LogP) is 1.22. The Bertz CT molecular complexity index is 563. The molecule has 0 amide bonds. The molecule has 1 saturated heterocycles. The molecule has 0 radical (unpaired) electrons. The highest BCUT2D eigenvalue weighted by Gasteiger charge is 2.32. The highest BCUT2D eigenvalue weighted by Crippen LogP contribution is 2.31. The first-order valence-corrected chi connectivity index (χ1v) is 6.98. The van der Waals surface area contributed by atoms with Gasteiger partial charge in [-0.1, -0.05) is 0 Å². The molecule has 1 fully saturated rings. The van der Waals surface area contributed by atoms with Crippen LogP contribution < -0.4 is 0 Å². The van der Waals surface area contributed by atoms with Crippen LogP contribution in [0, 0.1) is 0 Å². The maximum atomic E-state index is 9.74. The summed E-state index contributed by atoms with van der Waals surface area (Å²) in [4.78, 5) is 12.8. The average Bonchev–Trinajstić information content (AvgIpc) is 2.93. The normalized spacial score (nSPS) is 28.1. The summed E-state index contributed by atoms with van der Waals surface area (Å²) in [5.74, 6) is 0. The number of hydrogen-bond donors (Lipinski definition) is 1. The molecule has 0 unspecified atom stereocenters. The van der Waals surface area contributed by atoms with Crippen molar-refractivity contribution in [2.75, 3.05) is 6.26 Å². The molecule has 3 rings (SSSR count). The van der Waals surface area contributed by atoms with E-state index in [1.165, 1.54) is 18.1 Å². The van der Waals surface area contributed by atoms with Gasteiger partial charge >= 0.3 is 0 Å². The van der Waals surface area contributed by atoms with E-state index in [0.717, 1.165) is 16.2 Å². The van der Waals surface area contributed by atoms with Crippen LogP contribution in [0.5, 0.6) is 0 Å². The molecule has 7 heteroatoms. The third kappa shape index (κ3) is 1.79. The molecule has 1 aliphatic rings. The highest BCUT2D eigenvalue weighted by molar-refractivity contribution is 7.98. The van der Waals surface area contributed by atoms with E-state index in [1.54, 1.807) is 6.33 Å². The van der Waals surface area contributed by atoms with Gasteiger partial charge in [-0.15, -0.1) is 11.8 Å². The largest absolute Gasteiger partial charge is 0.390 e. The summed E-state index contributed by atoms with van der Waals surface area (Å²) in [5.41, 5.74) is 1.53. The minimum atomic E-state index is -0.436. The molecule has 0 bridgehead atoms. The van der Waals surface area contributed by atoms with E-state index in [-0.39, 0.29) is 12.3 Å². The fourth-order valence-corrected chi connectivity index (χ4v) is 2.65. The van der Waals surface area contributed by atoms with Crippen molar-refractivity contribution in [3.05, 3.63) is 12.7 Å². The quantitative estimate of drug-likeness (QED) is 0.651. The Morgan fingerprint density at radius 1 is 1.44 bits per heavy atom. The molecule has 3 heterocycles. The van der Waals surface area contributed by atoms with E-state index in [4.69, 9.17) is 4.74 Å². The predicted molar refractivity (Wildman–Crippen MR) is 67.3 cm³/mol. The second kappa shape index (κ2) is 4.49. The van der Waals surface area contributed by atoms with E-state index < -0.39 is 6.10 Å².